The molecule has 0 aliphatic heterocycles. The van der Waals surface area contributed by atoms with Gasteiger partial charge >= 0.3 is 5.97 Å². The molecule has 1 saturated carbocycles. The first-order chi connectivity index (χ1) is 16.5. The van der Waals surface area contributed by atoms with E-state index in [1.807, 2.05) is 24.3 Å². The van der Waals surface area contributed by atoms with Gasteiger partial charge in [-0.15, -0.1) is 0 Å². The molecule has 3 rings (SSSR count). The Morgan fingerprint density at radius 1 is 0.971 bits per heavy atom. The predicted molar refractivity (Wildman–Crippen MR) is 137 cm³/mol. The van der Waals surface area contributed by atoms with Gasteiger partial charge < -0.3 is 9.47 Å². The van der Waals surface area contributed by atoms with E-state index in [4.69, 9.17) is 9.47 Å². The minimum atomic E-state index is -0.866. The molecule has 0 N–H and O–H groups in total. The largest absolute Gasteiger partial charge is 0.490 e. The van der Waals surface area contributed by atoms with E-state index in [1.54, 1.807) is 37.3 Å². The molecule has 2 aromatic rings. The highest BCUT2D eigenvalue weighted by atomic mass is 16.5. The third kappa shape index (κ3) is 7.31. The fourth-order valence-electron chi connectivity index (χ4n) is 4.75. The maximum atomic E-state index is 12.7. The number of carbonyl (C=O) groups excluding carboxylic acids is 2. The molecule has 0 saturated heterocycles. The van der Waals surface area contributed by atoms with Gasteiger partial charge in [-0.1, -0.05) is 57.4 Å². The molecule has 1 aliphatic carbocycles. The zero-order valence-corrected chi connectivity index (χ0v) is 20.6. The van der Waals surface area contributed by atoms with Gasteiger partial charge in [-0.3, -0.25) is 4.79 Å². The lowest BCUT2D eigenvalue weighted by Crippen LogP contribution is -2.24. The molecule has 0 aromatic heterocycles. The quantitative estimate of drug-likeness (QED) is 0.142. The molecule has 34 heavy (non-hydrogen) atoms. The fraction of sp³-hybridized carbons (Fsp3) is 0.467. The molecule has 1 atom stereocenters. The van der Waals surface area contributed by atoms with Crippen LogP contribution in [-0.4, -0.2) is 24.5 Å². The van der Waals surface area contributed by atoms with Crippen molar-refractivity contribution in [3.63, 3.8) is 0 Å². The van der Waals surface area contributed by atoms with Crippen molar-refractivity contribution in [2.24, 2.45) is 5.92 Å². The Labute approximate surface area is 204 Å². The minimum Gasteiger partial charge on any atom is -0.490 e. The van der Waals surface area contributed by atoms with Crippen LogP contribution in [0.25, 0.3) is 0 Å². The van der Waals surface area contributed by atoms with Gasteiger partial charge in [0.2, 0.25) is 5.78 Å². The molecular weight excluding hydrogens is 424 g/mol. The van der Waals surface area contributed by atoms with Crippen molar-refractivity contribution in [1.29, 1.82) is 0 Å². The average Bonchev–Trinajstić information content (AvgIpc) is 2.88. The van der Waals surface area contributed by atoms with Crippen LogP contribution >= 0.6 is 0 Å². The summed E-state index contributed by atoms with van der Waals surface area (Å²) in [6.45, 7) is 7.88. The molecule has 0 radical (unpaired) electrons. The van der Waals surface area contributed by atoms with Crippen LogP contribution in [0.15, 0.2) is 61.2 Å². The Morgan fingerprint density at radius 3 is 2.24 bits per heavy atom. The van der Waals surface area contributed by atoms with E-state index in [2.05, 4.69) is 13.5 Å². The second kappa shape index (κ2) is 13.1. The van der Waals surface area contributed by atoms with Crippen LogP contribution in [-0.2, 0) is 4.74 Å². The number of hydrogen-bond acceptors (Lipinski definition) is 4. The van der Waals surface area contributed by atoms with Crippen LogP contribution in [0.2, 0.25) is 0 Å². The third-order valence-corrected chi connectivity index (χ3v) is 6.84. The summed E-state index contributed by atoms with van der Waals surface area (Å²) >= 11 is 0. The smallest absolute Gasteiger partial charge is 0.338 e. The normalized spacial score (nSPS) is 18.6. The number of rotatable bonds is 12. The van der Waals surface area contributed by atoms with Crippen LogP contribution < -0.4 is 4.74 Å². The molecule has 0 amide bonds. The van der Waals surface area contributed by atoms with Gasteiger partial charge in [0.1, 0.15) is 12.4 Å². The summed E-state index contributed by atoms with van der Waals surface area (Å²) in [6.07, 6.45) is 11.2. The lowest BCUT2D eigenvalue weighted by Gasteiger charge is -2.29. The van der Waals surface area contributed by atoms with E-state index in [-0.39, 0.29) is 5.78 Å². The Kier molecular flexibility index (Phi) is 9.93. The van der Waals surface area contributed by atoms with Crippen molar-refractivity contribution in [2.75, 3.05) is 6.61 Å². The monoisotopic (exact) mass is 462 g/mol. The Balaban J connectivity index is 1.49. The number of unbranched alkanes of at least 4 members (excludes halogenated alkanes) is 2. The fourth-order valence-corrected chi connectivity index (χ4v) is 4.75. The van der Waals surface area contributed by atoms with Crippen LogP contribution in [0, 0.1) is 5.92 Å². The van der Waals surface area contributed by atoms with E-state index in [1.165, 1.54) is 56.9 Å². The van der Waals surface area contributed by atoms with Crippen molar-refractivity contribution >= 4 is 11.8 Å². The van der Waals surface area contributed by atoms with E-state index in [9.17, 15) is 9.59 Å². The van der Waals surface area contributed by atoms with Crippen molar-refractivity contribution < 1.29 is 19.1 Å². The van der Waals surface area contributed by atoms with Crippen molar-refractivity contribution in [3.05, 3.63) is 77.9 Å². The number of Topliss-reactive ketones (excluding diaryl/α,β-unsaturated/α-hetero) is 1. The number of hydrogen-bond donors (Lipinski definition) is 0. The van der Waals surface area contributed by atoms with E-state index in [0.29, 0.717) is 29.4 Å². The number of esters is 1. The lowest BCUT2D eigenvalue weighted by atomic mass is 9.77. The third-order valence-electron chi connectivity index (χ3n) is 6.84. The Morgan fingerprint density at radius 2 is 1.62 bits per heavy atom. The lowest BCUT2D eigenvalue weighted by molar-refractivity contribution is 0.0319. The maximum Gasteiger partial charge on any atom is 0.338 e. The summed E-state index contributed by atoms with van der Waals surface area (Å²) in [6, 6.07) is 14.6. The average molecular weight is 463 g/mol. The minimum absolute atomic E-state index is 0.240. The summed E-state index contributed by atoms with van der Waals surface area (Å²) in [7, 11) is 0. The highest BCUT2D eigenvalue weighted by Gasteiger charge is 2.23. The van der Waals surface area contributed by atoms with E-state index < -0.39 is 12.1 Å². The van der Waals surface area contributed by atoms with Gasteiger partial charge in [0.05, 0.1) is 5.56 Å². The molecule has 182 valence electrons. The standard InChI is InChI=1S/C30H38O4/c1-4-6-7-8-23-9-11-24(12-10-23)25-13-15-27(16-14-25)30(32)34-22(3)29(31)26-17-19-28(20-18-26)33-21-5-2/h5,13-20,22-24H,2,4,6-12,21H2,1,3H3. The molecule has 1 aliphatic rings. The van der Waals surface area contributed by atoms with Crippen LogP contribution in [0.3, 0.4) is 0 Å². The number of ether oxygens (including phenoxy) is 2. The summed E-state index contributed by atoms with van der Waals surface area (Å²) in [4.78, 5) is 25.3. The summed E-state index contributed by atoms with van der Waals surface area (Å²) < 4.78 is 10.9. The maximum absolute atomic E-state index is 12.7. The zero-order chi connectivity index (χ0) is 24.3. The molecule has 1 unspecified atom stereocenters. The van der Waals surface area contributed by atoms with Gasteiger partial charge in [-0.2, -0.15) is 0 Å². The van der Waals surface area contributed by atoms with Crippen molar-refractivity contribution in [3.8, 4) is 5.75 Å². The summed E-state index contributed by atoms with van der Waals surface area (Å²) in [5.74, 6) is 1.40. The number of carbonyl (C=O) groups is 2. The van der Waals surface area contributed by atoms with Crippen LogP contribution in [0.4, 0.5) is 0 Å². The van der Waals surface area contributed by atoms with Gasteiger partial charge in [0, 0.05) is 5.56 Å². The van der Waals surface area contributed by atoms with E-state index in [0.717, 1.165) is 5.92 Å². The van der Waals surface area contributed by atoms with Gasteiger partial charge in [0.25, 0.3) is 0 Å². The van der Waals surface area contributed by atoms with E-state index >= 15 is 0 Å². The highest BCUT2D eigenvalue weighted by Crippen LogP contribution is 2.37. The first kappa shape index (κ1) is 25.7. The molecule has 2 aromatic carbocycles. The van der Waals surface area contributed by atoms with Crippen LogP contribution in [0.1, 0.15) is 97.4 Å². The topological polar surface area (TPSA) is 52.6 Å². The highest BCUT2D eigenvalue weighted by molar-refractivity contribution is 6.01. The molecule has 0 spiro atoms. The Bertz CT molecular complexity index is 921. The Hall–Kier alpha value is -2.88. The molecule has 0 bridgehead atoms. The molecule has 0 heterocycles. The zero-order valence-electron chi connectivity index (χ0n) is 20.6. The summed E-state index contributed by atoms with van der Waals surface area (Å²) in [5, 5.41) is 0. The van der Waals surface area contributed by atoms with Gasteiger partial charge in [-0.05, 0) is 86.4 Å². The first-order valence-corrected chi connectivity index (χ1v) is 12.7. The SMILES string of the molecule is C=CCOc1ccc(C(=O)C(C)OC(=O)c2ccc(C3CCC(CCCCC)CC3)cc2)cc1. The second-order valence-electron chi connectivity index (χ2n) is 9.37. The molecule has 1 fully saturated rings. The number of benzene rings is 2. The summed E-state index contributed by atoms with van der Waals surface area (Å²) in [5.41, 5.74) is 2.25. The second-order valence-corrected chi connectivity index (χ2v) is 9.37. The van der Waals surface area contributed by atoms with Gasteiger partial charge in [0.15, 0.2) is 6.10 Å². The predicted octanol–water partition coefficient (Wildman–Crippen LogP) is 7.53. The first-order valence-electron chi connectivity index (χ1n) is 12.7. The van der Waals surface area contributed by atoms with Crippen molar-refractivity contribution in [2.45, 2.75) is 77.2 Å². The molecular formula is C30H38O4. The molecule has 4 nitrogen and oxygen atoms in total. The number of ketones is 1. The van der Waals surface area contributed by atoms with Crippen molar-refractivity contribution in [1.82, 2.24) is 0 Å². The van der Waals surface area contributed by atoms with Gasteiger partial charge in [-0.25, -0.2) is 4.79 Å². The molecule has 4 heteroatoms. The van der Waals surface area contributed by atoms with Crippen LogP contribution in [0.5, 0.6) is 5.75 Å².